The molecule has 0 spiro atoms. The van der Waals surface area contributed by atoms with Crippen molar-refractivity contribution in [2.24, 2.45) is 11.7 Å². The molecule has 0 radical (unpaired) electrons. The number of phenols is 2. The van der Waals surface area contributed by atoms with Crippen LogP contribution in [0.5, 0.6) is 11.5 Å². The van der Waals surface area contributed by atoms with Crippen molar-refractivity contribution in [2.75, 3.05) is 0 Å². The lowest BCUT2D eigenvalue weighted by Gasteiger charge is -2.43. The van der Waals surface area contributed by atoms with Gasteiger partial charge in [0.15, 0.2) is 5.60 Å². The molecule has 0 heterocycles. The Morgan fingerprint density at radius 1 is 1.16 bits per heavy atom. The van der Waals surface area contributed by atoms with Crippen molar-refractivity contribution in [1.29, 1.82) is 5.41 Å². The second-order valence-electron chi connectivity index (χ2n) is 8.75. The third-order valence-corrected chi connectivity index (χ3v) is 7.15. The molecule has 0 aromatic heterocycles. The fourth-order valence-corrected chi connectivity index (χ4v) is 5.30. The first kappa shape index (κ1) is 19.6. The molecule has 8 heteroatoms. The number of phenolic OH excluding ortho intramolecular Hbond substituents is 2. The Morgan fingerprint density at radius 3 is 2.48 bits per heavy atom. The van der Waals surface area contributed by atoms with Crippen LogP contribution in [0, 0.1) is 11.3 Å². The number of benzene rings is 2. The standard InChI is InChI=1S/C23H22N2O6/c24-20-18(22(25)30)15(27)8-11-6-10-7-13-12(9-2-1-3-9)4-5-14(26)17(13)19(28)16(10)21(29)23(11,20)31/h4-5,7,9,11,24,26-28,31H,1-3,6,8H2,(H2,25,30)/t11-,23+/m0/s1. The number of aliphatic hydroxyl groups excluding tert-OH is 1. The average Bonchev–Trinajstić information content (AvgIpc) is 2.65. The van der Waals surface area contributed by atoms with Gasteiger partial charge in [0.2, 0.25) is 5.78 Å². The maximum atomic E-state index is 13.4. The number of carbonyl (C=O) groups excluding carboxylic acids is 2. The lowest BCUT2D eigenvalue weighted by atomic mass is 9.63. The molecule has 1 fully saturated rings. The van der Waals surface area contributed by atoms with Crippen LogP contribution in [0.25, 0.3) is 10.8 Å². The van der Waals surface area contributed by atoms with Gasteiger partial charge in [-0.25, -0.2) is 0 Å². The average molecular weight is 422 g/mol. The van der Waals surface area contributed by atoms with Crippen molar-refractivity contribution in [3.05, 3.63) is 46.2 Å². The first-order valence-corrected chi connectivity index (χ1v) is 10.2. The summed E-state index contributed by atoms with van der Waals surface area (Å²) < 4.78 is 0. The van der Waals surface area contributed by atoms with E-state index in [-0.39, 0.29) is 29.5 Å². The van der Waals surface area contributed by atoms with Gasteiger partial charge >= 0.3 is 0 Å². The molecule has 3 aliphatic carbocycles. The Morgan fingerprint density at radius 2 is 1.87 bits per heavy atom. The molecule has 160 valence electrons. The summed E-state index contributed by atoms with van der Waals surface area (Å²) in [7, 11) is 0. The highest BCUT2D eigenvalue weighted by Gasteiger charge is 2.57. The van der Waals surface area contributed by atoms with Gasteiger partial charge in [-0.2, -0.15) is 0 Å². The third kappa shape index (κ3) is 2.42. The zero-order valence-electron chi connectivity index (χ0n) is 16.6. The molecule has 0 aliphatic heterocycles. The number of rotatable bonds is 2. The molecular formula is C23H22N2O6. The van der Waals surface area contributed by atoms with Crippen molar-refractivity contribution in [3.63, 3.8) is 0 Å². The first-order chi connectivity index (χ1) is 14.7. The predicted molar refractivity (Wildman–Crippen MR) is 112 cm³/mol. The van der Waals surface area contributed by atoms with Crippen LogP contribution in [0.2, 0.25) is 0 Å². The summed E-state index contributed by atoms with van der Waals surface area (Å²) in [5.74, 6) is -3.69. The van der Waals surface area contributed by atoms with Crippen LogP contribution >= 0.6 is 0 Å². The third-order valence-electron chi connectivity index (χ3n) is 7.15. The Hall–Kier alpha value is -3.39. The quantitative estimate of drug-likeness (QED) is 0.435. The summed E-state index contributed by atoms with van der Waals surface area (Å²) in [4.78, 5) is 25.2. The number of aromatic hydroxyl groups is 2. The van der Waals surface area contributed by atoms with Crippen LogP contribution in [0.3, 0.4) is 0 Å². The number of ketones is 1. The zero-order valence-corrected chi connectivity index (χ0v) is 16.6. The Labute approximate surface area is 177 Å². The highest BCUT2D eigenvalue weighted by molar-refractivity contribution is 6.34. The van der Waals surface area contributed by atoms with E-state index in [1.54, 1.807) is 6.07 Å². The summed E-state index contributed by atoms with van der Waals surface area (Å²) in [6.07, 6.45) is 3.01. The van der Waals surface area contributed by atoms with Crippen LogP contribution in [-0.2, 0) is 11.2 Å². The number of primary amides is 1. The van der Waals surface area contributed by atoms with Crippen molar-refractivity contribution in [3.8, 4) is 11.5 Å². The van der Waals surface area contributed by atoms with Gasteiger partial charge in [0.25, 0.3) is 5.91 Å². The minimum atomic E-state index is -2.41. The van der Waals surface area contributed by atoms with Crippen LogP contribution in [0.15, 0.2) is 29.5 Å². The molecule has 0 bridgehead atoms. The molecule has 2 atom stereocenters. The fraction of sp³-hybridized carbons (Fsp3) is 0.348. The fourth-order valence-electron chi connectivity index (χ4n) is 5.30. The van der Waals surface area contributed by atoms with E-state index in [0.717, 1.165) is 24.8 Å². The van der Waals surface area contributed by atoms with E-state index in [1.807, 2.05) is 6.07 Å². The van der Waals surface area contributed by atoms with Gasteiger partial charge in [-0.15, -0.1) is 0 Å². The summed E-state index contributed by atoms with van der Waals surface area (Å²) in [6.45, 7) is 0. The second-order valence-corrected chi connectivity index (χ2v) is 8.75. The van der Waals surface area contributed by atoms with Gasteiger partial charge in [0, 0.05) is 12.3 Å². The largest absolute Gasteiger partial charge is 0.511 e. The smallest absolute Gasteiger partial charge is 0.254 e. The van der Waals surface area contributed by atoms with E-state index >= 15 is 0 Å². The number of carbonyl (C=O) groups is 2. The molecule has 31 heavy (non-hydrogen) atoms. The number of nitrogens with one attached hydrogen (secondary N) is 1. The van der Waals surface area contributed by atoms with Gasteiger partial charge in [0.1, 0.15) is 22.8 Å². The van der Waals surface area contributed by atoms with Gasteiger partial charge in [-0.1, -0.05) is 12.5 Å². The Balaban J connectivity index is 1.74. The Bertz CT molecular complexity index is 1240. The summed E-state index contributed by atoms with van der Waals surface area (Å²) in [5, 5.41) is 52.1. The van der Waals surface area contributed by atoms with Gasteiger partial charge in [-0.3, -0.25) is 9.59 Å². The van der Waals surface area contributed by atoms with E-state index in [0.29, 0.717) is 16.9 Å². The lowest BCUT2D eigenvalue weighted by molar-refractivity contribution is -0.114. The molecule has 8 nitrogen and oxygen atoms in total. The number of fused-ring (bicyclic) bond motifs is 3. The van der Waals surface area contributed by atoms with Gasteiger partial charge in [0.05, 0.1) is 16.7 Å². The van der Waals surface area contributed by atoms with Crippen LogP contribution in [0.4, 0.5) is 0 Å². The van der Waals surface area contributed by atoms with Crippen molar-refractivity contribution in [2.45, 2.75) is 43.6 Å². The van der Waals surface area contributed by atoms with E-state index in [4.69, 9.17) is 11.1 Å². The van der Waals surface area contributed by atoms with Gasteiger partial charge < -0.3 is 31.6 Å². The number of nitrogens with two attached hydrogens (primary N) is 1. The van der Waals surface area contributed by atoms with E-state index in [1.165, 1.54) is 6.07 Å². The second kappa shape index (κ2) is 6.31. The number of aliphatic hydroxyl groups is 2. The van der Waals surface area contributed by atoms with Crippen LogP contribution in [-0.4, -0.2) is 43.4 Å². The number of hydrogen-bond donors (Lipinski definition) is 6. The topological polar surface area (TPSA) is 165 Å². The molecule has 0 saturated heterocycles. The van der Waals surface area contributed by atoms with Crippen molar-refractivity contribution < 1.29 is 30.0 Å². The monoisotopic (exact) mass is 422 g/mol. The molecule has 2 aromatic carbocycles. The molecular weight excluding hydrogens is 400 g/mol. The van der Waals surface area contributed by atoms with E-state index in [9.17, 15) is 30.0 Å². The SMILES string of the molecule is N=C1C(C(N)=O)=C(O)C[C@@H]2Cc3cc4c(C5CCC5)ccc(O)c4c(O)c3C(=O)[C@]12O. The number of amides is 1. The summed E-state index contributed by atoms with van der Waals surface area (Å²) in [5.41, 5.74) is 2.78. The molecule has 1 saturated carbocycles. The molecule has 1 amide bonds. The minimum absolute atomic E-state index is 0.0965. The first-order valence-electron chi connectivity index (χ1n) is 10.2. The molecule has 0 unspecified atom stereocenters. The molecule has 2 aromatic rings. The highest BCUT2D eigenvalue weighted by atomic mass is 16.3. The van der Waals surface area contributed by atoms with E-state index < -0.39 is 46.0 Å². The molecule has 7 N–H and O–H groups in total. The molecule has 5 rings (SSSR count). The predicted octanol–water partition coefficient (Wildman–Crippen LogP) is 2.33. The highest BCUT2D eigenvalue weighted by Crippen LogP contribution is 2.50. The van der Waals surface area contributed by atoms with Crippen LogP contribution < -0.4 is 5.73 Å². The summed E-state index contributed by atoms with van der Waals surface area (Å²) in [6, 6.07) is 5.07. The van der Waals surface area contributed by atoms with Gasteiger partial charge in [-0.05, 0) is 53.8 Å². The number of allylic oxidation sites excluding steroid dienone is 1. The van der Waals surface area contributed by atoms with Crippen molar-refractivity contribution >= 4 is 28.2 Å². The van der Waals surface area contributed by atoms with E-state index in [2.05, 4.69) is 0 Å². The Kier molecular flexibility index (Phi) is 3.98. The maximum Gasteiger partial charge on any atom is 0.254 e. The maximum absolute atomic E-state index is 13.4. The lowest BCUT2D eigenvalue weighted by Crippen LogP contribution is -2.59. The number of Topliss-reactive ketones (excluding diaryl/α,β-unsaturated/α-hetero) is 1. The molecule has 3 aliphatic rings. The van der Waals surface area contributed by atoms with Crippen LogP contribution in [0.1, 0.15) is 53.1 Å². The number of hydrogen-bond acceptors (Lipinski definition) is 7. The van der Waals surface area contributed by atoms with Crippen molar-refractivity contribution in [1.82, 2.24) is 0 Å². The summed E-state index contributed by atoms with van der Waals surface area (Å²) >= 11 is 0. The zero-order chi connectivity index (χ0) is 22.2. The minimum Gasteiger partial charge on any atom is -0.511 e. The normalized spacial score (nSPS) is 25.9.